The molecule has 1 saturated carbocycles. The summed E-state index contributed by atoms with van der Waals surface area (Å²) in [6.07, 6.45) is 2.18. The molecule has 4 nitrogen and oxygen atoms in total. The lowest BCUT2D eigenvalue weighted by Crippen LogP contribution is -2.30. The third kappa shape index (κ3) is 4.51. The first-order valence-electron chi connectivity index (χ1n) is 8.45. The van der Waals surface area contributed by atoms with Crippen molar-refractivity contribution in [2.24, 2.45) is 0 Å². The molecule has 1 aliphatic carbocycles. The molecule has 0 aromatic heterocycles. The fourth-order valence-corrected chi connectivity index (χ4v) is 2.44. The largest absolute Gasteiger partial charge is 0.356 e. The van der Waals surface area contributed by atoms with E-state index in [1.807, 2.05) is 24.3 Å². The highest BCUT2D eigenvalue weighted by atomic mass is 16.2. The molecule has 2 aromatic rings. The van der Waals surface area contributed by atoms with Crippen LogP contribution in [0, 0.1) is 0 Å². The number of carbonyl (C=O) groups excluding carboxylic acids is 1. The molecule has 1 fully saturated rings. The highest BCUT2D eigenvalue weighted by molar-refractivity contribution is 5.89. The van der Waals surface area contributed by atoms with Crippen LogP contribution < -0.4 is 16.0 Å². The van der Waals surface area contributed by atoms with E-state index in [1.54, 1.807) is 0 Å². The van der Waals surface area contributed by atoms with Crippen molar-refractivity contribution in [3.8, 4) is 0 Å². The Bertz CT molecular complexity index is 695. The average Bonchev–Trinajstić information content (AvgIpc) is 3.33. The Balaban J connectivity index is 1.58. The van der Waals surface area contributed by atoms with Gasteiger partial charge in [-0.05, 0) is 60.2 Å². The number of carbonyl (C=O) groups is 1. The van der Waals surface area contributed by atoms with E-state index < -0.39 is 0 Å². The van der Waals surface area contributed by atoms with Crippen LogP contribution >= 0.6 is 0 Å². The van der Waals surface area contributed by atoms with Gasteiger partial charge in [-0.2, -0.15) is 0 Å². The number of hydrogen-bond acceptors (Lipinski definition) is 2. The first kappa shape index (κ1) is 16.4. The molecule has 126 valence electrons. The number of rotatable bonds is 4. The van der Waals surface area contributed by atoms with Crippen molar-refractivity contribution >= 4 is 23.1 Å². The first-order chi connectivity index (χ1) is 11.4. The normalized spacial score (nSPS) is 14.1. The van der Waals surface area contributed by atoms with Crippen LogP contribution in [-0.2, 0) is 5.41 Å². The van der Waals surface area contributed by atoms with Crippen LogP contribution in [0.1, 0.15) is 39.2 Å². The summed E-state index contributed by atoms with van der Waals surface area (Å²) < 4.78 is 0. The topological polar surface area (TPSA) is 53.2 Å². The van der Waals surface area contributed by atoms with Gasteiger partial charge in [0, 0.05) is 23.1 Å². The molecule has 24 heavy (non-hydrogen) atoms. The van der Waals surface area contributed by atoms with Crippen molar-refractivity contribution in [3.63, 3.8) is 0 Å². The second-order valence-corrected chi connectivity index (χ2v) is 7.40. The van der Waals surface area contributed by atoms with Gasteiger partial charge in [0.2, 0.25) is 0 Å². The maximum Gasteiger partial charge on any atom is 0.319 e. The number of amides is 2. The number of benzene rings is 2. The quantitative estimate of drug-likeness (QED) is 0.740. The van der Waals surface area contributed by atoms with E-state index >= 15 is 0 Å². The zero-order valence-corrected chi connectivity index (χ0v) is 14.5. The predicted molar refractivity (Wildman–Crippen MR) is 100 cm³/mol. The lowest BCUT2D eigenvalue weighted by atomic mass is 9.87. The van der Waals surface area contributed by atoms with Gasteiger partial charge in [0.15, 0.2) is 0 Å². The Kier molecular flexibility index (Phi) is 4.47. The summed E-state index contributed by atoms with van der Waals surface area (Å²) in [5.74, 6) is 0. The van der Waals surface area contributed by atoms with Crippen molar-refractivity contribution in [3.05, 3.63) is 54.1 Å². The lowest BCUT2D eigenvalue weighted by molar-refractivity contribution is 0.251. The standard InChI is InChI=1S/C20H25N3O/c1-20(2,3)14-4-6-15(7-5-14)21-16-8-10-17(11-9-16)22-19(24)23-18-12-13-18/h4-11,18,21H,12-13H2,1-3H3,(H2,22,23,24). The maximum absolute atomic E-state index is 11.7. The summed E-state index contributed by atoms with van der Waals surface area (Å²) in [5, 5.41) is 9.14. The van der Waals surface area contributed by atoms with Gasteiger partial charge in [-0.3, -0.25) is 0 Å². The van der Waals surface area contributed by atoms with E-state index in [0.29, 0.717) is 6.04 Å². The molecular formula is C20H25N3O. The Labute approximate surface area is 143 Å². The fraction of sp³-hybridized carbons (Fsp3) is 0.350. The Morgan fingerprint density at radius 3 is 1.88 bits per heavy atom. The van der Waals surface area contributed by atoms with E-state index in [2.05, 4.69) is 61.0 Å². The van der Waals surface area contributed by atoms with Gasteiger partial charge in [0.05, 0.1) is 0 Å². The molecular weight excluding hydrogens is 298 g/mol. The second kappa shape index (κ2) is 6.56. The Morgan fingerprint density at radius 1 is 0.875 bits per heavy atom. The molecule has 0 heterocycles. The van der Waals surface area contributed by atoms with E-state index in [-0.39, 0.29) is 11.4 Å². The van der Waals surface area contributed by atoms with Crippen molar-refractivity contribution in [2.75, 3.05) is 10.6 Å². The van der Waals surface area contributed by atoms with Gasteiger partial charge in [0.25, 0.3) is 0 Å². The van der Waals surface area contributed by atoms with Gasteiger partial charge >= 0.3 is 6.03 Å². The summed E-state index contributed by atoms with van der Waals surface area (Å²) in [5.41, 5.74) is 4.31. The molecule has 2 aromatic carbocycles. The van der Waals surface area contributed by atoms with Crippen LogP contribution in [0.5, 0.6) is 0 Å². The zero-order chi connectivity index (χ0) is 17.2. The van der Waals surface area contributed by atoms with Crippen LogP contribution in [0.4, 0.5) is 21.9 Å². The number of hydrogen-bond donors (Lipinski definition) is 3. The van der Waals surface area contributed by atoms with Gasteiger partial charge in [0.1, 0.15) is 0 Å². The van der Waals surface area contributed by atoms with Gasteiger partial charge in [-0.25, -0.2) is 4.79 Å². The van der Waals surface area contributed by atoms with Crippen LogP contribution in [-0.4, -0.2) is 12.1 Å². The number of anilines is 3. The summed E-state index contributed by atoms with van der Waals surface area (Å²) in [6.45, 7) is 6.63. The molecule has 0 spiro atoms. The third-order valence-corrected chi connectivity index (χ3v) is 4.09. The molecule has 3 N–H and O–H groups in total. The van der Waals surface area contributed by atoms with E-state index in [0.717, 1.165) is 29.9 Å². The molecule has 1 aliphatic rings. The minimum Gasteiger partial charge on any atom is -0.356 e. The molecule has 0 saturated heterocycles. The van der Waals surface area contributed by atoms with E-state index in [1.165, 1.54) is 5.56 Å². The summed E-state index contributed by atoms with van der Waals surface area (Å²) in [6, 6.07) is 16.5. The van der Waals surface area contributed by atoms with Gasteiger partial charge < -0.3 is 16.0 Å². The third-order valence-electron chi connectivity index (χ3n) is 4.09. The van der Waals surface area contributed by atoms with Crippen LogP contribution in [0.3, 0.4) is 0 Å². The predicted octanol–water partition coefficient (Wildman–Crippen LogP) is 5.01. The van der Waals surface area contributed by atoms with Gasteiger partial charge in [-0.1, -0.05) is 32.9 Å². The minimum atomic E-state index is -0.129. The van der Waals surface area contributed by atoms with Crippen LogP contribution in [0.15, 0.2) is 48.5 Å². The summed E-state index contributed by atoms with van der Waals surface area (Å²) in [4.78, 5) is 11.7. The Morgan fingerprint density at radius 2 is 1.38 bits per heavy atom. The monoisotopic (exact) mass is 323 g/mol. The molecule has 0 bridgehead atoms. The Hall–Kier alpha value is -2.49. The van der Waals surface area contributed by atoms with Crippen molar-refractivity contribution in [1.82, 2.24) is 5.32 Å². The fourth-order valence-electron chi connectivity index (χ4n) is 2.44. The molecule has 3 rings (SSSR count). The maximum atomic E-state index is 11.7. The molecule has 4 heteroatoms. The van der Waals surface area contributed by atoms with E-state index in [4.69, 9.17) is 0 Å². The smallest absolute Gasteiger partial charge is 0.319 e. The average molecular weight is 323 g/mol. The molecule has 0 radical (unpaired) electrons. The van der Waals surface area contributed by atoms with E-state index in [9.17, 15) is 4.79 Å². The number of urea groups is 1. The molecule has 0 unspecified atom stereocenters. The molecule has 2 amide bonds. The van der Waals surface area contributed by atoms with Crippen molar-refractivity contribution in [1.29, 1.82) is 0 Å². The highest BCUT2D eigenvalue weighted by Gasteiger charge is 2.23. The minimum absolute atomic E-state index is 0.129. The van der Waals surface area contributed by atoms with Crippen LogP contribution in [0.2, 0.25) is 0 Å². The number of nitrogens with one attached hydrogen (secondary N) is 3. The zero-order valence-electron chi connectivity index (χ0n) is 14.5. The summed E-state index contributed by atoms with van der Waals surface area (Å²) in [7, 11) is 0. The highest BCUT2D eigenvalue weighted by Crippen LogP contribution is 2.25. The SMILES string of the molecule is CC(C)(C)c1ccc(Nc2ccc(NC(=O)NC3CC3)cc2)cc1. The van der Waals surface area contributed by atoms with Gasteiger partial charge in [-0.15, -0.1) is 0 Å². The lowest BCUT2D eigenvalue weighted by Gasteiger charge is -2.19. The molecule has 0 atom stereocenters. The molecule has 0 aliphatic heterocycles. The van der Waals surface area contributed by atoms with Crippen molar-refractivity contribution < 1.29 is 4.79 Å². The second-order valence-electron chi connectivity index (χ2n) is 7.40. The first-order valence-corrected chi connectivity index (χ1v) is 8.45. The van der Waals surface area contributed by atoms with Crippen molar-refractivity contribution in [2.45, 2.75) is 45.1 Å². The van der Waals surface area contributed by atoms with Crippen LogP contribution in [0.25, 0.3) is 0 Å². The summed E-state index contributed by atoms with van der Waals surface area (Å²) >= 11 is 0.